The zero-order valence-electron chi connectivity index (χ0n) is 27.5. The summed E-state index contributed by atoms with van der Waals surface area (Å²) in [5, 5.41) is 11.7. The SMILES string of the molecule is c1ccc(-c2cccc(N(c3cccc4c3oc3ccccc34)c3cccc4c5ccc6oc7ccccc7c6c5c5ccccc5c34)c2)cc1. The standard InChI is InChI=1S/C48H29NO2/c1-2-13-30(14-3-1)31-15-10-16-32(29-31)49(41-24-12-22-38-33-17-6-8-25-42(33)51-48(38)41)40-23-11-21-35-37-27-28-44-47(39-20-7-9-26-43(39)50-44)46(37)36-19-5-4-18-34(36)45(35)40/h1-29H. The lowest BCUT2D eigenvalue weighted by atomic mass is 9.90. The summed E-state index contributed by atoms with van der Waals surface area (Å²) >= 11 is 0. The molecule has 0 fully saturated rings. The molecule has 238 valence electrons. The summed E-state index contributed by atoms with van der Waals surface area (Å²) in [7, 11) is 0. The smallest absolute Gasteiger partial charge is 0.159 e. The van der Waals surface area contributed by atoms with Gasteiger partial charge in [0.2, 0.25) is 0 Å². The highest BCUT2D eigenvalue weighted by Crippen LogP contribution is 2.49. The average molecular weight is 652 g/mol. The van der Waals surface area contributed by atoms with E-state index in [1.54, 1.807) is 0 Å². The zero-order chi connectivity index (χ0) is 33.5. The Bertz CT molecular complexity index is 3120. The summed E-state index contributed by atoms with van der Waals surface area (Å²) < 4.78 is 13.1. The molecule has 2 heterocycles. The highest BCUT2D eigenvalue weighted by Gasteiger charge is 2.24. The van der Waals surface area contributed by atoms with E-state index >= 15 is 0 Å². The lowest BCUT2D eigenvalue weighted by Crippen LogP contribution is -2.11. The number of fused-ring (bicyclic) bond motifs is 13. The second-order valence-corrected chi connectivity index (χ2v) is 13.2. The fourth-order valence-electron chi connectivity index (χ4n) is 8.25. The summed E-state index contributed by atoms with van der Waals surface area (Å²) in [6, 6.07) is 62.5. The number of para-hydroxylation sites is 3. The minimum Gasteiger partial charge on any atom is -0.456 e. The zero-order valence-corrected chi connectivity index (χ0v) is 27.5. The van der Waals surface area contributed by atoms with Gasteiger partial charge in [-0.1, -0.05) is 127 Å². The summed E-state index contributed by atoms with van der Waals surface area (Å²) in [6.45, 7) is 0. The van der Waals surface area contributed by atoms with Gasteiger partial charge in [0, 0.05) is 38.0 Å². The van der Waals surface area contributed by atoms with E-state index < -0.39 is 0 Å². The summed E-state index contributed by atoms with van der Waals surface area (Å²) in [4.78, 5) is 2.39. The van der Waals surface area contributed by atoms with Crippen molar-refractivity contribution in [3.63, 3.8) is 0 Å². The van der Waals surface area contributed by atoms with Crippen LogP contribution in [0.4, 0.5) is 17.1 Å². The number of anilines is 3. The van der Waals surface area contributed by atoms with Crippen molar-refractivity contribution >= 4 is 93.3 Å². The average Bonchev–Trinajstić information content (AvgIpc) is 3.78. The van der Waals surface area contributed by atoms with E-state index in [4.69, 9.17) is 8.83 Å². The van der Waals surface area contributed by atoms with Gasteiger partial charge in [0.15, 0.2) is 5.58 Å². The molecule has 0 saturated carbocycles. The third-order valence-electron chi connectivity index (χ3n) is 10.4. The Balaban J connectivity index is 1.28. The van der Waals surface area contributed by atoms with Crippen LogP contribution < -0.4 is 4.90 Å². The molecule has 0 aliphatic heterocycles. The molecule has 0 aliphatic rings. The van der Waals surface area contributed by atoms with Crippen molar-refractivity contribution in [2.45, 2.75) is 0 Å². The minimum absolute atomic E-state index is 0.859. The lowest BCUT2D eigenvalue weighted by molar-refractivity contribution is 0.669. The molecule has 3 heteroatoms. The lowest BCUT2D eigenvalue weighted by Gasteiger charge is -2.28. The van der Waals surface area contributed by atoms with Crippen molar-refractivity contribution in [1.29, 1.82) is 0 Å². The second-order valence-electron chi connectivity index (χ2n) is 13.2. The van der Waals surface area contributed by atoms with Gasteiger partial charge >= 0.3 is 0 Å². The van der Waals surface area contributed by atoms with Gasteiger partial charge in [-0.05, 0) is 81.2 Å². The maximum Gasteiger partial charge on any atom is 0.159 e. The Morgan fingerprint density at radius 3 is 1.69 bits per heavy atom. The molecule has 0 aliphatic carbocycles. The number of nitrogens with zero attached hydrogens (tertiary/aromatic N) is 1. The maximum absolute atomic E-state index is 6.72. The topological polar surface area (TPSA) is 29.5 Å². The van der Waals surface area contributed by atoms with Gasteiger partial charge in [0.1, 0.15) is 16.7 Å². The molecule has 51 heavy (non-hydrogen) atoms. The van der Waals surface area contributed by atoms with Gasteiger partial charge in [0.25, 0.3) is 0 Å². The second kappa shape index (κ2) is 10.8. The highest BCUT2D eigenvalue weighted by atomic mass is 16.3. The van der Waals surface area contributed by atoms with Crippen molar-refractivity contribution in [3.8, 4) is 11.1 Å². The van der Waals surface area contributed by atoms with Gasteiger partial charge in [-0.3, -0.25) is 0 Å². The Hall–Kier alpha value is -6.84. The van der Waals surface area contributed by atoms with Gasteiger partial charge in [-0.2, -0.15) is 0 Å². The van der Waals surface area contributed by atoms with E-state index in [1.165, 1.54) is 37.9 Å². The summed E-state index contributed by atoms with van der Waals surface area (Å²) in [5.41, 5.74) is 8.99. The Morgan fingerprint density at radius 1 is 0.314 bits per heavy atom. The predicted molar refractivity (Wildman–Crippen MR) is 214 cm³/mol. The molecule has 0 atom stereocenters. The largest absolute Gasteiger partial charge is 0.456 e. The molecular weight excluding hydrogens is 623 g/mol. The van der Waals surface area contributed by atoms with Gasteiger partial charge in [-0.15, -0.1) is 0 Å². The molecule has 11 rings (SSSR count). The monoisotopic (exact) mass is 651 g/mol. The third-order valence-corrected chi connectivity index (χ3v) is 10.4. The van der Waals surface area contributed by atoms with Crippen LogP contribution in [0, 0.1) is 0 Å². The van der Waals surface area contributed by atoms with Crippen LogP contribution in [0.25, 0.3) is 87.3 Å². The van der Waals surface area contributed by atoms with Crippen LogP contribution in [0.3, 0.4) is 0 Å². The maximum atomic E-state index is 6.72. The molecule has 3 nitrogen and oxygen atoms in total. The fraction of sp³-hybridized carbons (Fsp3) is 0. The molecule has 0 N–H and O–H groups in total. The number of benzene rings is 9. The van der Waals surface area contributed by atoms with E-state index in [0.717, 1.165) is 66.5 Å². The molecule has 9 aromatic carbocycles. The van der Waals surface area contributed by atoms with E-state index in [-0.39, 0.29) is 0 Å². The first-order valence-electron chi connectivity index (χ1n) is 17.4. The first kappa shape index (κ1) is 28.0. The molecule has 0 radical (unpaired) electrons. The van der Waals surface area contributed by atoms with Crippen LogP contribution in [-0.4, -0.2) is 0 Å². The van der Waals surface area contributed by atoms with Crippen LogP contribution >= 0.6 is 0 Å². The highest BCUT2D eigenvalue weighted by molar-refractivity contribution is 6.36. The van der Waals surface area contributed by atoms with E-state index in [2.05, 4.69) is 169 Å². The molecule has 0 spiro atoms. The van der Waals surface area contributed by atoms with E-state index in [0.29, 0.717) is 0 Å². The van der Waals surface area contributed by atoms with Crippen LogP contribution in [0.1, 0.15) is 0 Å². The number of rotatable bonds is 4. The Kier molecular flexibility index (Phi) is 5.96. The predicted octanol–water partition coefficient (Wildman–Crippen LogP) is 14.1. The van der Waals surface area contributed by atoms with Crippen molar-refractivity contribution in [1.82, 2.24) is 0 Å². The summed E-state index contributed by atoms with van der Waals surface area (Å²) in [6.07, 6.45) is 0. The molecule has 0 saturated heterocycles. The van der Waals surface area contributed by atoms with Crippen molar-refractivity contribution in [3.05, 3.63) is 176 Å². The van der Waals surface area contributed by atoms with Crippen LogP contribution in [0.15, 0.2) is 185 Å². The molecule has 0 amide bonds. The van der Waals surface area contributed by atoms with Crippen LogP contribution in [0.5, 0.6) is 0 Å². The van der Waals surface area contributed by atoms with Gasteiger partial charge in [-0.25, -0.2) is 0 Å². The number of hydrogen-bond donors (Lipinski definition) is 0. The third kappa shape index (κ3) is 4.12. The van der Waals surface area contributed by atoms with E-state index in [9.17, 15) is 0 Å². The van der Waals surface area contributed by atoms with E-state index in [1.807, 2.05) is 12.1 Å². The van der Waals surface area contributed by atoms with Crippen molar-refractivity contribution < 1.29 is 8.83 Å². The number of hydrogen-bond acceptors (Lipinski definition) is 3. The van der Waals surface area contributed by atoms with Crippen LogP contribution in [-0.2, 0) is 0 Å². The molecular formula is C48H29NO2. The number of furan rings is 2. The first-order chi connectivity index (χ1) is 25.3. The minimum atomic E-state index is 0.859. The summed E-state index contributed by atoms with van der Waals surface area (Å²) in [5.74, 6) is 0. The molecule has 11 aromatic rings. The quantitative estimate of drug-likeness (QED) is 0.177. The van der Waals surface area contributed by atoms with Crippen molar-refractivity contribution in [2.75, 3.05) is 4.90 Å². The van der Waals surface area contributed by atoms with Crippen LogP contribution in [0.2, 0.25) is 0 Å². The Labute approximate surface area is 293 Å². The molecule has 2 aromatic heterocycles. The first-order valence-corrected chi connectivity index (χ1v) is 17.4. The fourth-order valence-corrected chi connectivity index (χ4v) is 8.25. The van der Waals surface area contributed by atoms with Gasteiger partial charge < -0.3 is 13.7 Å². The van der Waals surface area contributed by atoms with Gasteiger partial charge in [0.05, 0.1) is 11.4 Å². The Morgan fingerprint density at radius 2 is 0.882 bits per heavy atom. The normalized spacial score (nSPS) is 11.9. The molecule has 0 unspecified atom stereocenters. The molecule has 0 bridgehead atoms. The van der Waals surface area contributed by atoms with Crippen molar-refractivity contribution in [2.24, 2.45) is 0 Å².